The number of nitrogens with zero attached hydrogens (tertiary/aromatic N) is 1. The lowest BCUT2D eigenvalue weighted by atomic mass is 10.1. The Balaban J connectivity index is 1.84. The Kier molecular flexibility index (Phi) is 2.99. The van der Waals surface area contributed by atoms with E-state index in [1.807, 2.05) is 6.07 Å². The third kappa shape index (κ3) is 2.15. The topological polar surface area (TPSA) is 29.9 Å². The Morgan fingerprint density at radius 1 is 1.41 bits per heavy atom. The molecule has 1 aromatic heterocycles. The fourth-order valence-electron chi connectivity index (χ4n) is 2.45. The third-order valence-electron chi connectivity index (χ3n) is 3.47. The van der Waals surface area contributed by atoms with Crippen molar-refractivity contribution in [3.05, 3.63) is 29.0 Å². The average Bonchev–Trinajstić information content (AvgIpc) is 2.93. The van der Waals surface area contributed by atoms with Gasteiger partial charge in [0.2, 0.25) is 0 Å². The molecule has 0 radical (unpaired) electrons. The summed E-state index contributed by atoms with van der Waals surface area (Å²) in [7, 11) is 0. The molecule has 1 unspecified atom stereocenters. The number of aromatic nitrogens is 2. The zero-order valence-corrected chi connectivity index (χ0v) is 10.5. The van der Waals surface area contributed by atoms with Crippen molar-refractivity contribution in [1.82, 2.24) is 9.55 Å². The van der Waals surface area contributed by atoms with E-state index in [1.54, 1.807) is 0 Å². The molecule has 2 heterocycles. The summed E-state index contributed by atoms with van der Waals surface area (Å²) < 4.78 is 8.42. The van der Waals surface area contributed by atoms with Gasteiger partial charge in [0.25, 0.3) is 0 Å². The van der Waals surface area contributed by atoms with Gasteiger partial charge in [0.05, 0.1) is 11.0 Å². The van der Waals surface area contributed by atoms with Crippen LogP contribution in [-0.2, 0) is 11.3 Å². The molecule has 17 heavy (non-hydrogen) atoms. The van der Waals surface area contributed by atoms with E-state index in [1.165, 1.54) is 11.9 Å². The molecule has 2 aromatic rings. The highest BCUT2D eigenvalue weighted by atomic mass is 32.1. The maximum Gasteiger partial charge on any atom is 0.178 e. The van der Waals surface area contributed by atoms with E-state index in [9.17, 15) is 0 Å². The van der Waals surface area contributed by atoms with Gasteiger partial charge in [-0.05, 0) is 43.1 Å². The monoisotopic (exact) mass is 248 g/mol. The fourth-order valence-corrected chi connectivity index (χ4v) is 2.75. The molecule has 0 spiro atoms. The molecule has 1 N–H and O–H groups in total. The first-order valence-electron chi connectivity index (χ1n) is 6.10. The Hall–Kier alpha value is -1.13. The quantitative estimate of drug-likeness (QED) is 0.846. The van der Waals surface area contributed by atoms with Gasteiger partial charge in [0.15, 0.2) is 4.77 Å². The molecule has 1 fully saturated rings. The molecule has 1 atom stereocenters. The van der Waals surface area contributed by atoms with Gasteiger partial charge >= 0.3 is 0 Å². The average molecular weight is 248 g/mol. The SMILES string of the molecule is S=c1[nH]c2ccccc2n1CCC1CCOC1. The first-order valence-corrected chi connectivity index (χ1v) is 6.51. The highest BCUT2D eigenvalue weighted by Crippen LogP contribution is 2.19. The Labute approximate surface area is 105 Å². The Bertz CT molecular complexity index is 566. The molecule has 3 nitrogen and oxygen atoms in total. The second-order valence-corrected chi connectivity index (χ2v) is 5.00. The van der Waals surface area contributed by atoms with Crippen LogP contribution in [0.5, 0.6) is 0 Å². The first kappa shape index (κ1) is 11.0. The summed E-state index contributed by atoms with van der Waals surface area (Å²) in [5.74, 6) is 0.700. The third-order valence-corrected chi connectivity index (χ3v) is 3.79. The van der Waals surface area contributed by atoms with Crippen molar-refractivity contribution in [2.24, 2.45) is 5.92 Å². The molecule has 4 heteroatoms. The predicted octanol–water partition coefficient (Wildman–Crippen LogP) is 3.13. The molecular weight excluding hydrogens is 232 g/mol. The standard InChI is InChI=1S/C13H16N2OS/c17-13-14-11-3-1-2-4-12(11)15(13)7-5-10-6-8-16-9-10/h1-4,10H,5-9H2,(H,14,17). The summed E-state index contributed by atoms with van der Waals surface area (Å²) in [5, 5.41) is 0. The number of imidazole rings is 1. The molecule has 0 amide bonds. The molecule has 3 rings (SSSR count). The van der Waals surface area contributed by atoms with E-state index >= 15 is 0 Å². The van der Waals surface area contributed by atoms with E-state index in [0.29, 0.717) is 5.92 Å². The second-order valence-electron chi connectivity index (χ2n) is 4.62. The van der Waals surface area contributed by atoms with Crippen LogP contribution in [0.15, 0.2) is 24.3 Å². The van der Waals surface area contributed by atoms with Crippen LogP contribution < -0.4 is 0 Å². The Morgan fingerprint density at radius 2 is 2.29 bits per heavy atom. The molecule has 0 saturated carbocycles. The number of aromatic amines is 1. The maximum atomic E-state index is 5.40. The van der Waals surface area contributed by atoms with Crippen molar-refractivity contribution in [2.45, 2.75) is 19.4 Å². The minimum Gasteiger partial charge on any atom is -0.381 e. The zero-order chi connectivity index (χ0) is 11.7. The second kappa shape index (κ2) is 4.63. The van der Waals surface area contributed by atoms with Crippen molar-refractivity contribution in [3.8, 4) is 0 Å². The van der Waals surface area contributed by atoms with E-state index in [-0.39, 0.29) is 0 Å². The molecular formula is C13H16N2OS. The van der Waals surface area contributed by atoms with Crippen LogP contribution in [0.25, 0.3) is 11.0 Å². The minimum absolute atomic E-state index is 0.700. The van der Waals surface area contributed by atoms with Gasteiger partial charge in [0.1, 0.15) is 0 Å². The molecule has 1 aromatic carbocycles. The Morgan fingerprint density at radius 3 is 3.12 bits per heavy atom. The number of rotatable bonds is 3. The molecule has 1 saturated heterocycles. The van der Waals surface area contributed by atoms with E-state index in [4.69, 9.17) is 17.0 Å². The van der Waals surface area contributed by atoms with Crippen molar-refractivity contribution in [2.75, 3.05) is 13.2 Å². The van der Waals surface area contributed by atoms with Crippen molar-refractivity contribution in [1.29, 1.82) is 0 Å². The summed E-state index contributed by atoms with van der Waals surface area (Å²) in [6, 6.07) is 8.27. The number of nitrogens with one attached hydrogen (secondary N) is 1. The highest BCUT2D eigenvalue weighted by Gasteiger charge is 2.15. The molecule has 1 aliphatic heterocycles. The van der Waals surface area contributed by atoms with Gasteiger partial charge in [0, 0.05) is 19.8 Å². The van der Waals surface area contributed by atoms with Gasteiger partial charge in [-0.1, -0.05) is 12.1 Å². The van der Waals surface area contributed by atoms with Gasteiger partial charge in [-0.2, -0.15) is 0 Å². The number of H-pyrrole nitrogens is 1. The predicted molar refractivity (Wildman–Crippen MR) is 70.7 cm³/mol. The van der Waals surface area contributed by atoms with Crippen LogP contribution in [0.3, 0.4) is 0 Å². The van der Waals surface area contributed by atoms with Crippen LogP contribution in [0.4, 0.5) is 0 Å². The fraction of sp³-hybridized carbons (Fsp3) is 0.462. The molecule has 90 valence electrons. The lowest BCUT2D eigenvalue weighted by Gasteiger charge is -2.08. The van der Waals surface area contributed by atoms with Crippen molar-refractivity contribution >= 4 is 23.3 Å². The van der Waals surface area contributed by atoms with Crippen LogP contribution in [0.2, 0.25) is 0 Å². The summed E-state index contributed by atoms with van der Waals surface area (Å²) in [6.07, 6.45) is 2.34. The molecule has 0 bridgehead atoms. The number of para-hydroxylation sites is 2. The number of benzene rings is 1. The summed E-state index contributed by atoms with van der Waals surface area (Å²) in [6.45, 7) is 2.82. The molecule has 1 aliphatic rings. The van der Waals surface area contributed by atoms with Gasteiger partial charge in [-0.3, -0.25) is 0 Å². The highest BCUT2D eigenvalue weighted by molar-refractivity contribution is 7.71. The minimum atomic E-state index is 0.700. The van der Waals surface area contributed by atoms with Gasteiger partial charge in [-0.15, -0.1) is 0 Å². The molecule has 0 aliphatic carbocycles. The first-order chi connectivity index (χ1) is 8.34. The summed E-state index contributed by atoms with van der Waals surface area (Å²) in [5.41, 5.74) is 2.33. The zero-order valence-electron chi connectivity index (χ0n) is 9.69. The summed E-state index contributed by atoms with van der Waals surface area (Å²) in [4.78, 5) is 3.25. The largest absolute Gasteiger partial charge is 0.381 e. The number of fused-ring (bicyclic) bond motifs is 1. The summed E-state index contributed by atoms with van der Waals surface area (Å²) >= 11 is 5.37. The smallest absolute Gasteiger partial charge is 0.178 e. The van der Waals surface area contributed by atoms with E-state index in [2.05, 4.69) is 27.8 Å². The van der Waals surface area contributed by atoms with E-state index < -0.39 is 0 Å². The number of hydrogen-bond donors (Lipinski definition) is 1. The lowest BCUT2D eigenvalue weighted by molar-refractivity contribution is 0.183. The van der Waals surface area contributed by atoms with Gasteiger partial charge in [-0.25, -0.2) is 0 Å². The van der Waals surface area contributed by atoms with E-state index in [0.717, 1.165) is 36.5 Å². The van der Waals surface area contributed by atoms with Crippen LogP contribution >= 0.6 is 12.2 Å². The normalized spacial score (nSPS) is 20.1. The number of ether oxygens (including phenoxy) is 1. The maximum absolute atomic E-state index is 5.40. The number of aryl methyl sites for hydroxylation is 1. The van der Waals surface area contributed by atoms with Crippen molar-refractivity contribution < 1.29 is 4.74 Å². The van der Waals surface area contributed by atoms with Crippen LogP contribution in [-0.4, -0.2) is 22.8 Å². The van der Waals surface area contributed by atoms with Crippen LogP contribution in [0, 0.1) is 10.7 Å². The van der Waals surface area contributed by atoms with Gasteiger partial charge < -0.3 is 14.3 Å². The van der Waals surface area contributed by atoms with Crippen LogP contribution in [0.1, 0.15) is 12.8 Å². The lowest BCUT2D eigenvalue weighted by Crippen LogP contribution is -2.06. The van der Waals surface area contributed by atoms with Crippen molar-refractivity contribution in [3.63, 3.8) is 0 Å². The number of hydrogen-bond acceptors (Lipinski definition) is 2.